The van der Waals surface area contributed by atoms with Gasteiger partial charge in [-0.1, -0.05) is 0 Å². The molecule has 0 spiro atoms. The summed E-state index contributed by atoms with van der Waals surface area (Å²) in [6, 6.07) is -0.157. The predicted octanol–water partition coefficient (Wildman–Crippen LogP) is 1.85. The van der Waals surface area contributed by atoms with Crippen LogP contribution in [0.3, 0.4) is 0 Å². The Morgan fingerprint density at radius 3 is 3.05 bits per heavy atom. The Hall–Kier alpha value is -1.21. The van der Waals surface area contributed by atoms with Gasteiger partial charge < -0.3 is 15.5 Å². The molecule has 7 heteroatoms. The van der Waals surface area contributed by atoms with Gasteiger partial charge in [-0.3, -0.25) is 4.68 Å². The van der Waals surface area contributed by atoms with Gasteiger partial charge in [-0.05, 0) is 39.6 Å². The van der Waals surface area contributed by atoms with Gasteiger partial charge in [0.1, 0.15) is 0 Å². The van der Waals surface area contributed by atoms with Crippen LogP contribution in [-0.4, -0.2) is 58.4 Å². The van der Waals surface area contributed by atoms with Crippen LogP contribution >= 0.6 is 11.8 Å². The van der Waals surface area contributed by atoms with Gasteiger partial charge in [-0.15, -0.1) is 0 Å². The first kappa shape index (κ1) is 16.2. The first-order chi connectivity index (χ1) is 9.97. The van der Waals surface area contributed by atoms with Crippen molar-refractivity contribution in [2.75, 3.05) is 38.3 Å². The summed E-state index contributed by atoms with van der Waals surface area (Å²) in [5.74, 6) is 1.19. The molecule has 118 valence electrons. The highest BCUT2D eigenvalue weighted by Crippen LogP contribution is 2.36. The molecule has 2 rings (SSSR count). The number of carbonyl (C=O) groups is 1. The van der Waals surface area contributed by atoms with Crippen molar-refractivity contribution in [3.63, 3.8) is 0 Å². The topological polar surface area (TPSA) is 62.2 Å². The highest BCUT2D eigenvalue weighted by molar-refractivity contribution is 8.00. The van der Waals surface area contributed by atoms with E-state index < -0.39 is 0 Å². The Morgan fingerprint density at radius 1 is 1.57 bits per heavy atom. The maximum atomic E-state index is 11.9. The highest BCUT2D eigenvalue weighted by Gasteiger charge is 2.29. The first-order valence-corrected chi connectivity index (χ1v) is 8.31. The molecule has 1 unspecified atom stereocenters. The second-order valence-electron chi connectivity index (χ2n) is 6.00. The van der Waals surface area contributed by atoms with Crippen molar-refractivity contribution in [1.82, 2.24) is 20.0 Å². The molecule has 6 nitrogen and oxygen atoms in total. The average molecular weight is 311 g/mol. The van der Waals surface area contributed by atoms with Crippen molar-refractivity contribution in [2.45, 2.75) is 31.1 Å². The second kappa shape index (κ2) is 7.17. The Balaban J connectivity index is 1.74. The van der Waals surface area contributed by atoms with Crippen LogP contribution in [0.2, 0.25) is 0 Å². The summed E-state index contributed by atoms with van der Waals surface area (Å²) >= 11 is 1.94. The minimum atomic E-state index is -0.157. The molecule has 0 saturated carbocycles. The third-order valence-corrected chi connectivity index (χ3v) is 5.13. The molecule has 0 radical (unpaired) electrons. The Morgan fingerprint density at radius 2 is 2.38 bits per heavy atom. The molecule has 1 aromatic rings. The lowest BCUT2D eigenvalue weighted by atomic mass is 10.1. The van der Waals surface area contributed by atoms with Crippen molar-refractivity contribution in [2.24, 2.45) is 0 Å². The van der Waals surface area contributed by atoms with Gasteiger partial charge in [-0.2, -0.15) is 16.9 Å². The van der Waals surface area contributed by atoms with Gasteiger partial charge in [0.2, 0.25) is 0 Å². The monoisotopic (exact) mass is 311 g/mol. The number of nitrogens with zero attached hydrogens (tertiary/aromatic N) is 3. The molecule has 2 N–H and O–H groups in total. The third kappa shape index (κ3) is 5.24. The SMILES string of the molecule is CN(C)CCn1cc(NC(=O)NCC2(C)CCCS2)cn1. The van der Waals surface area contributed by atoms with Crippen LogP contribution in [0.25, 0.3) is 0 Å². The minimum Gasteiger partial charge on any atom is -0.336 e. The number of carbonyl (C=O) groups excluding carboxylic acids is 1. The molecule has 0 aliphatic carbocycles. The van der Waals surface area contributed by atoms with E-state index in [9.17, 15) is 4.79 Å². The smallest absolute Gasteiger partial charge is 0.319 e. The predicted molar refractivity (Wildman–Crippen MR) is 87.9 cm³/mol. The molecule has 1 fully saturated rings. The van der Waals surface area contributed by atoms with E-state index in [0.29, 0.717) is 6.54 Å². The summed E-state index contributed by atoms with van der Waals surface area (Å²) in [6.07, 6.45) is 5.94. The fourth-order valence-corrected chi connectivity index (χ4v) is 3.52. The number of thioether (sulfide) groups is 1. The largest absolute Gasteiger partial charge is 0.336 e. The number of rotatable bonds is 6. The van der Waals surface area contributed by atoms with Gasteiger partial charge in [-0.25, -0.2) is 4.79 Å². The fourth-order valence-electron chi connectivity index (χ4n) is 2.27. The normalized spacial score (nSPS) is 21.7. The van der Waals surface area contributed by atoms with Crippen molar-refractivity contribution in [1.29, 1.82) is 0 Å². The van der Waals surface area contributed by atoms with Crippen molar-refractivity contribution >= 4 is 23.5 Å². The van der Waals surface area contributed by atoms with Crippen molar-refractivity contribution < 1.29 is 4.79 Å². The number of anilines is 1. The molecule has 1 saturated heterocycles. The molecule has 21 heavy (non-hydrogen) atoms. The number of urea groups is 1. The van der Waals surface area contributed by atoms with Gasteiger partial charge in [0.25, 0.3) is 0 Å². The summed E-state index contributed by atoms with van der Waals surface area (Å²) in [7, 11) is 4.05. The quantitative estimate of drug-likeness (QED) is 0.842. The molecule has 1 atom stereocenters. The average Bonchev–Trinajstić information content (AvgIpc) is 3.04. The Labute approximate surface area is 130 Å². The summed E-state index contributed by atoms with van der Waals surface area (Å²) in [4.78, 5) is 14.0. The number of hydrogen-bond acceptors (Lipinski definition) is 4. The number of amides is 2. The number of hydrogen-bond donors (Lipinski definition) is 2. The maximum absolute atomic E-state index is 11.9. The molecule has 2 amide bonds. The van der Waals surface area contributed by atoms with Crippen molar-refractivity contribution in [3.05, 3.63) is 12.4 Å². The van der Waals surface area contributed by atoms with E-state index in [1.807, 2.05) is 36.7 Å². The van der Waals surface area contributed by atoms with E-state index in [0.717, 1.165) is 18.8 Å². The molecular weight excluding hydrogens is 286 g/mol. The summed E-state index contributed by atoms with van der Waals surface area (Å²) in [5.41, 5.74) is 0.732. The summed E-state index contributed by atoms with van der Waals surface area (Å²) in [5, 5.41) is 10.0. The minimum absolute atomic E-state index is 0.157. The van der Waals surface area contributed by atoms with Gasteiger partial charge in [0.15, 0.2) is 0 Å². The fraction of sp³-hybridized carbons (Fsp3) is 0.714. The molecule has 0 bridgehead atoms. The zero-order chi connectivity index (χ0) is 15.3. The lowest BCUT2D eigenvalue weighted by Gasteiger charge is -2.22. The van der Waals surface area contributed by atoms with E-state index in [4.69, 9.17) is 0 Å². The zero-order valence-electron chi connectivity index (χ0n) is 13.1. The lowest BCUT2D eigenvalue weighted by molar-refractivity contribution is 0.251. The Kier molecular flexibility index (Phi) is 5.52. The van der Waals surface area contributed by atoms with E-state index in [1.54, 1.807) is 6.20 Å². The number of likely N-dealkylation sites (N-methyl/N-ethyl adjacent to an activating group) is 1. The molecule has 1 aliphatic heterocycles. The van der Waals surface area contributed by atoms with Crippen LogP contribution in [0, 0.1) is 0 Å². The zero-order valence-corrected chi connectivity index (χ0v) is 13.9. The van der Waals surface area contributed by atoms with E-state index in [-0.39, 0.29) is 10.8 Å². The van der Waals surface area contributed by atoms with Crippen LogP contribution < -0.4 is 10.6 Å². The molecule has 1 aromatic heterocycles. The molecular formula is C14H25N5OS. The van der Waals surface area contributed by atoms with E-state index in [2.05, 4.69) is 27.6 Å². The van der Waals surface area contributed by atoms with Gasteiger partial charge >= 0.3 is 6.03 Å². The van der Waals surface area contributed by atoms with Crippen LogP contribution in [-0.2, 0) is 6.54 Å². The van der Waals surface area contributed by atoms with Gasteiger partial charge in [0, 0.05) is 24.0 Å². The van der Waals surface area contributed by atoms with Crippen LogP contribution in [0.5, 0.6) is 0 Å². The standard InChI is InChI=1S/C14H25N5OS/c1-14(5-4-8-21-14)11-15-13(20)17-12-9-16-19(10-12)7-6-18(2)3/h9-10H,4-8,11H2,1-3H3,(H2,15,17,20). The Bertz CT molecular complexity index is 468. The lowest BCUT2D eigenvalue weighted by Crippen LogP contribution is -2.39. The van der Waals surface area contributed by atoms with Crippen molar-refractivity contribution in [3.8, 4) is 0 Å². The third-order valence-electron chi connectivity index (χ3n) is 3.59. The molecule has 2 heterocycles. The second-order valence-corrected chi connectivity index (χ2v) is 7.69. The molecule has 1 aliphatic rings. The van der Waals surface area contributed by atoms with Crippen LogP contribution in [0.15, 0.2) is 12.4 Å². The number of nitrogens with one attached hydrogen (secondary N) is 2. The first-order valence-electron chi connectivity index (χ1n) is 7.33. The molecule has 0 aromatic carbocycles. The highest BCUT2D eigenvalue weighted by atomic mass is 32.2. The summed E-state index contributed by atoms with van der Waals surface area (Å²) < 4.78 is 2.02. The van der Waals surface area contributed by atoms with Gasteiger partial charge in [0.05, 0.1) is 18.4 Å². The number of aromatic nitrogens is 2. The van der Waals surface area contributed by atoms with Crippen LogP contribution in [0.1, 0.15) is 19.8 Å². The van der Waals surface area contributed by atoms with E-state index in [1.165, 1.54) is 18.6 Å². The summed E-state index contributed by atoms with van der Waals surface area (Å²) in [6.45, 7) is 4.65. The van der Waals surface area contributed by atoms with Crippen LogP contribution in [0.4, 0.5) is 10.5 Å². The maximum Gasteiger partial charge on any atom is 0.319 e. The van der Waals surface area contributed by atoms with E-state index >= 15 is 0 Å².